The summed E-state index contributed by atoms with van der Waals surface area (Å²) >= 11 is 5.89. The molecule has 0 amide bonds. The molecule has 0 fully saturated rings. The van der Waals surface area contributed by atoms with E-state index in [-0.39, 0.29) is 5.56 Å². The Bertz CT molecular complexity index is 1070. The van der Waals surface area contributed by atoms with Crippen LogP contribution < -0.4 is 11.2 Å². The molecule has 0 saturated carbocycles. The first-order chi connectivity index (χ1) is 12.0. The van der Waals surface area contributed by atoms with Crippen LogP contribution in [0.5, 0.6) is 5.88 Å². The predicted molar refractivity (Wildman–Crippen MR) is 97.8 cm³/mol. The number of nitrogens with zero attached hydrogens (tertiary/aromatic N) is 2. The quantitative estimate of drug-likeness (QED) is 0.708. The molecule has 2 aromatic carbocycles. The van der Waals surface area contributed by atoms with Crippen LogP contribution in [-0.2, 0) is 0 Å². The maximum Gasteiger partial charge on any atom is 0.335 e. The first kappa shape index (κ1) is 16.7. The molecule has 6 nitrogen and oxygen atoms in total. The van der Waals surface area contributed by atoms with E-state index < -0.39 is 17.1 Å². The number of aliphatic imine (C=N–C) groups is 1. The lowest BCUT2D eigenvalue weighted by Crippen LogP contribution is -2.31. The predicted octanol–water partition coefficient (Wildman–Crippen LogP) is 2.94. The van der Waals surface area contributed by atoms with Gasteiger partial charge in [-0.1, -0.05) is 35.4 Å². The van der Waals surface area contributed by atoms with Gasteiger partial charge in [0.05, 0.1) is 11.4 Å². The van der Waals surface area contributed by atoms with E-state index in [2.05, 4.69) is 9.98 Å². The van der Waals surface area contributed by atoms with E-state index in [4.69, 9.17) is 11.6 Å². The zero-order valence-corrected chi connectivity index (χ0v) is 14.0. The molecule has 3 rings (SSSR count). The van der Waals surface area contributed by atoms with Gasteiger partial charge in [0.15, 0.2) is 0 Å². The second-order valence-electron chi connectivity index (χ2n) is 5.41. The molecular formula is C18H14ClN3O3. The van der Waals surface area contributed by atoms with E-state index in [1.54, 1.807) is 48.5 Å². The summed E-state index contributed by atoms with van der Waals surface area (Å²) in [5.74, 6) is -0.483. The maximum atomic E-state index is 12.1. The first-order valence-corrected chi connectivity index (χ1v) is 7.78. The third-order valence-corrected chi connectivity index (χ3v) is 3.80. The molecule has 25 heavy (non-hydrogen) atoms. The molecule has 2 N–H and O–H groups in total. The van der Waals surface area contributed by atoms with Crippen LogP contribution in [0.15, 0.2) is 63.1 Å². The Hall–Kier alpha value is -3.12. The van der Waals surface area contributed by atoms with Crippen molar-refractivity contribution in [2.24, 2.45) is 4.99 Å². The summed E-state index contributed by atoms with van der Waals surface area (Å²) in [7, 11) is 0. The van der Waals surface area contributed by atoms with E-state index in [0.29, 0.717) is 16.4 Å². The van der Waals surface area contributed by atoms with Crippen LogP contribution in [0, 0.1) is 6.92 Å². The van der Waals surface area contributed by atoms with Crippen molar-refractivity contribution >= 4 is 23.5 Å². The summed E-state index contributed by atoms with van der Waals surface area (Å²) in [6.45, 7) is 1.91. The number of aryl methyl sites for hydroxylation is 1. The van der Waals surface area contributed by atoms with Crippen LogP contribution in [0.3, 0.4) is 0 Å². The fraction of sp³-hybridized carbons (Fsp3) is 0.0556. The van der Waals surface area contributed by atoms with E-state index in [1.807, 2.05) is 6.92 Å². The first-order valence-electron chi connectivity index (χ1n) is 7.40. The Morgan fingerprint density at radius 3 is 2.56 bits per heavy atom. The number of hydrogen-bond acceptors (Lipinski definition) is 4. The number of benzene rings is 2. The van der Waals surface area contributed by atoms with Crippen LogP contribution in [0.2, 0.25) is 5.02 Å². The van der Waals surface area contributed by atoms with Crippen molar-refractivity contribution in [1.82, 2.24) is 9.55 Å². The molecule has 126 valence electrons. The molecule has 0 aliphatic rings. The van der Waals surface area contributed by atoms with Gasteiger partial charge in [0.1, 0.15) is 5.56 Å². The number of halogens is 1. The number of aromatic amines is 1. The summed E-state index contributed by atoms with van der Waals surface area (Å²) < 4.78 is 1.01. The lowest BCUT2D eigenvalue weighted by Gasteiger charge is -2.09. The maximum absolute atomic E-state index is 12.1. The van der Waals surface area contributed by atoms with Crippen molar-refractivity contribution < 1.29 is 5.11 Å². The number of hydrogen-bond donors (Lipinski definition) is 2. The average molecular weight is 356 g/mol. The Kier molecular flexibility index (Phi) is 4.54. The molecule has 0 aliphatic heterocycles. The van der Waals surface area contributed by atoms with Gasteiger partial charge in [-0.25, -0.2) is 9.36 Å². The number of nitrogens with one attached hydrogen (secondary N) is 1. The Balaban J connectivity index is 2.12. The molecule has 0 atom stereocenters. The van der Waals surface area contributed by atoms with Crippen LogP contribution in [0.4, 0.5) is 5.69 Å². The summed E-state index contributed by atoms with van der Waals surface area (Å²) in [4.78, 5) is 30.5. The van der Waals surface area contributed by atoms with Crippen molar-refractivity contribution in [2.75, 3.05) is 0 Å². The number of rotatable bonds is 3. The number of H-pyrrole nitrogens is 1. The van der Waals surface area contributed by atoms with Gasteiger partial charge in [-0.2, -0.15) is 0 Å². The average Bonchev–Trinajstić information content (AvgIpc) is 2.56. The topological polar surface area (TPSA) is 87.4 Å². The van der Waals surface area contributed by atoms with Crippen LogP contribution in [0.25, 0.3) is 5.69 Å². The number of aromatic hydroxyl groups is 1. The SMILES string of the molecule is Cc1ccc(-n2c(O)c(C=Nc3cccc(Cl)c3)c(=O)[nH]c2=O)cc1. The lowest BCUT2D eigenvalue weighted by molar-refractivity contribution is 0.430. The van der Waals surface area contributed by atoms with Crippen molar-refractivity contribution in [3.8, 4) is 11.6 Å². The van der Waals surface area contributed by atoms with Crippen LogP contribution in [-0.4, -0.2) is 20.9 Å². The van der Waals surface area contributed by atoms with Crippen molar-refractivity contribution in [1.29, 1.82) is 0 Å². The molecule has 0 saturated heterocycles. The molecule has 0 aliphatic carbocycles. The van der Waals surface area contributed by atoms with Crippen LogP contribution >= 0.6 is 11.6 Å². The third kappa shape index (κ3) is 3.54. The molecule has 3 aromatic rings. The fourth-order valence-corrected chi connectivity index (χ4v) is 2.47. The van der Waals surface area contributed by atoms with Crippen molar-refractivity contribution in [3.05, 3.63) is 85.5 Å². The second-order valence-corrected chi connectivity index (χ2v) is 5.84. The zero-order chi connectivity index (χ0) is 18.0. The Morgan fingerprint density at radius 2 is 1.88 bits per heavy atom. The summed E-state index contributed by atoms with van der Waals surface area (Å²) in [6, 6.07) is 13.7. The minimum atomic E-state index is -0.730. The van der Waals surface area contributed by atoms with Gasteiger partial charge >= 0.3 is 5.69 Å². The van der Waals surface area contributed by atoms with Gasteiger partial charge in [0.2, 0.25) is 5.88 Å². The lowest BCUT2D eigenvalue weighted by atomic mass is 10.2. The zero-order valence-electron chi connectivity index (χ0n) is 13.2. The summed E-state index contributed by atoms with van der Waals surface area (Å²) in [5, 5.41) is 10.9. The molecule has 0 radical (unpaired) electrons. The van der Waals surface area contributed by atoms with Crippen molar-refractivity contribution in [3.63, 3.8) is 0 Å². The standard InChI is InChI=1S/C18H14ClN3O3/c1-11-5-7-14(8-6-11)22-17(24)15(16(23)21-18(22)25)10-20-13-4-2-3-12(19)9-13/h2-10,24H,1H3,(H,21,23,25). The normalized spacial score (nSPS) is 11.1. The van der Waals surface area contributed by atoms with Gasteiger partial charge in [-0.3, -0.25) is 14.8 Å². The molecule has 0 spiro atoms. The molecule has 0 unspecified atom stereocenters. The third-order valence-electron chi connectivity index (χ3n) is 3.56. The smallest absolute Gasteiger partial charge is 0.335 e. The number of aromatic nitrogens is 2. The van der Waals surface area contributed by atoms with E-state index in [0.717, 1.165) is 10.1 Å². The Morgan fingerprint density at radius 1 is 1.16 bits per heavy atom. The van der Waals surface area contributed by atoms with Gasteiger partial charge in [-0.05, 0) is 37.3 Å². The molecule has 0 bridgehead atoms. The summed E-state index contributed by atoms with van der Waals surface area (Å²) in [5.41, 5.74) is 0.368. The molecular weight excluding hydrogens is 342 g/mol. The van der Waals surface area contributed by atoms with E-state index in [9.17, 15) is 14.7 Å². The van der Waals surface area contributed by atoms with E-state index in [1.165, 1.54) is 6.21 Å². The Labute approximate surface area is 147 Å². The summed E-state index contributed by atoms with van der Waals surface area (Å²) in [6.07, 6.45) is 1.20. The highest BCUT2D eigenvalue weighted by Crippen LogP contribution is 2.19. The van der Waals surface area contributed by atoms with Crippen molar-refractivity contribution in [2.45, 2.75) is 6.92 Å². The van der Waals surface area contributed by atoms with Crippen LogP contribution in [0.1, 0.15) is 11.1 Å². The molecule has 1 aromatic heterocycles. The monoisotopic (exact) mass is 355 g/mol. The fourth-order valence-electron chi connectivity index (χ4n) is 2.28. The van der Waals surface area contributed by atoms with E-state index >= 15 is 0 Å². The highest BCUT2D eigenvalue weighted by atomic mass is 35.5. The van der Waals surface area contributed by atoms with Gasteiger partial charge < -0.3 is 5.11 Å². The minimum Gasteiger partial charge on any atom is -0.493 e. The largest absolute Gasteiger partial charge is 0.493 e. The van der Waals surface area contributed by atoms with Gasteiger partial charge in [-0.15, -0.1) is 0 Å². The highest BCUT2D eigenvalue weighted by molar-refractivity contribution is 6.30. The highest BCUT2D eigenvalue weighted by Gasteiger charge is 2.14. The van der Waals surface area contributed by atoms with Gasteiger partial charge in [0, 0.05) is 11.2 Å². The molecule has 1 heterocycles. The van der Waals surface area contributed by atoms with Gasteiger partial charge in [0.25, 0.3) is 5.56 Å². The second kappa shape index (κ2) is 6.78. The molecule has 7 heteroatoms. The minimum absolute atomic E-state index is 0.125.